The molecule has 0 aliphatic rings. The van der Waals surface area contributed by atoms with Gasteiger partial charge in [0, 0.05) is 48.8 Å². The number of aromatic nitrogens is 3. The minimum Gasteiger partial charge on any atom is -0.497 e. The number of halogens is 1. The molecule has 4 aromatic rings. The van der Waals surface area contributed by atoms with Crippen LogP contribution in [0.25, 0.3) is 0 Å². The van der Waals surface area contributed by atoms with Crippen molar-refractivity contribution in [3.05, 3.63) is 106 Å². The van der Waals surface area contributed by atoms with Crippen LogP contribution in [0.3, 0.4) is 0 Å². The summed E-state index contributed by atoms with van der Waals surface area (Å²) in [4.78, 5) is 8.87. The fourth-order valence-corrected chi connectivity index (χ4v) is 4.47. The lowest BCUT2D eigenvalue weighted by Crippen LogP contribution is -2.36. The normalized spacial score (nSPS) is 12.5. The Kier molecular flexibility index (Phi) is 7.85. The van der Waals surface area contributed by atoms with Crippen LogP contribution in [0.15, 0.2) is 83.7 Å². The van der Waals surface area contributed by atoms with Gasteiger partial charge in [-0.1, -0.05) is 40.2 Å². The lowest BCUT2D eigenvalue weighted by molar-refractivity contribution is -0.224. The van der Waals surface area contributed by atoms with Crippen LogP contribution in [0.1, 0.15) is 28.3 Å². The summed E-state index contributed by atoms with van der Waals surface area (Å²) in [5.41, 5.74) is 10.4. The van der Waals surface area contributed by atoms with E-state index in [1.54, 1.807) is 33.7 Å². The third-order valence-electron chi connectivity index (χ3n) is 6.21. The van der Waals surface area contributed by atoms with Crippen molar-refractivity contribution in [3.63, 3.8) is 0 Å². The van der Waals surface area contributed by atoms with E-state index in [1.807, 2.05) is 47.2 Å². The van der Waals surface area contributed by atoms with E-state index in [-0.39, 0.29) is 5.92 Å². The predicted molar refractivity (Wildman–Crippen MR) is 139 cm³/mol. The molecule has 0 aliphatic heterocycles. The first-order chi connectivity index (χ1) is 17.0. The maximum Gasteiger partial charge on any atom is 0.213 e. The Hall–Kier alpha value is -3.20. The summed E-state index contributed by atoms with van der Waals surface area (Å²) in [6.45, 7) is 0.330. The number of benzene rings is 2. The summed E-state index contributed by atoms with van der Waals surface area (Å²) in [5, 5.41) is 0. The van der Waals surface area contributed by atoms with Crippen molar-refractivity contribution < 1.29 is 14.2 Å². The molecule has 182 valence electrons. The molecular weight excluding hydrogens is 508 g/mol. The molecular formula is C27H29BrN4O3. The van der Waals surface area contributed by atoms with E-state index in [4.69, 9.17) is 24.9 Å². The Bertz CT molecular complexity index is 1220. The Balaban J connectivity index is 1.70. The molecule has 0 aliphatic carbocycles. The van der Waals surface area contributed by atoms with Gasteiger partial charge in [-0.15, -0.1) is 0 Å². The van der Waals surface area contributed by atoms with E-state index in [0.717, 1.165) is 33.5 Å². The van der Waals surface area contributed by atoms with E-state index in [9.17, 15) is 0 Å². The second-order valence-corrected chi connectivity index (χ2v) is 9.12. The minimum absolute atomic E-state index is 0.00829. The SMILES string of the molecule is COc1ccc(C(Cc2ccc(Br)cc2)c2cn(CC(OC)(OC)c3ccncc3)c(N)n2)cc1. The molecule has 2 N–H and O–H groups in total. The monoisotopic (exact) mass is 536 g/mol. The molecule has 0 saturated carbocycles. The average molecular weight is 537 g/mol. The smallest absolute Gasteiger partial charge is 0.213 e. The van der Waals surface area contributed by atoms with Crippen LogP contribution in [0.4, 0.5) is 5.95 Å². The van der Waals surface area contributed by atoms with Gasteiger partial charge in [0.25, 0.3) is 0 Å². The summed E-state index contributed by atoms with van der Waals surface area (Å²) in [7, 11) is 4.90. The van der Waals surface area contributed by atoms with Crippen LogP contribution < -0.4 is 10.5 Å². The van der Waals surface area contributed by atoms with Gasteiger partial charge in [-0.3, -0.25) is 4.98 Å². The maximum absolute atomic E-state index is 6.41. The van der Waals surface area contributed by atoms with Gasteiger partial charge >= 0.3 is 0 Å². The Morgan fingerprint density at radius 1 is 0.943 bits per heavy atom. The topological polar surface area (TPSA) is 84.4 Å². The summed E-state index contributed by atoms with van der Waals surface area (Å²) >= 11 is 3.52. The van der Waals surface area contributed by atoms with Crippen LogP contribution >= 0.6 is 15.9 Å². The van der Waals surface area contributed by atoms with Gasteiger partial charge in [-0.05, 0) is 53.9 Å². The number of ether oxygens (including phenoxy) is 3. The third kappa shape index (κ3) is 5.56. The fraction of sp³-hybridized carbons (Fsp3) is 0.259. The molecule has 7 nitrogen and oxygen atoms in total. The molecule has 2 aromatic heterocycles. The molecule has 8 heteroatoms. The van der Waals surface area contributed by atoms with Crippen LogP contribution in [0.2, 0.25) is 0 Å². The maximum atomic E-state index is 6.41. The molecule has 2 heterocycles. The molecule has 0 radical (unpaired) electrons. The highest BCUT2D eigenvalue weighted by atomic mass is 79.9. The Morgan fingerprint density at radius 2 is 1.60 bits per heavy atom. The zero-order valence-corrected chi connectivity index (χ0v) is 21.6. The molecule has 0 amide bonds. The molecule has 0 fully saturated rings. The number of hydrogen-bond acceptors (Lipinski definition) is 6. The van der Waals surface area contributed by atoms with Gasteiger partial charge in [0.05, 0.1) is 19.3 Å². The molecule has 35 heavy (non-hydrogen) atoms. The van der Waals surface area contributed by atoms with Crippen molar-refractivity contribution in [2.45, 2.75) is 24.7 Å². The van der Waals surface area contributed by atoms with Gasteiger partial charge in [0.1, 0.15) is 5.75 Å². The zero-order valence-electron chi connectivity index (χ0n) is 20.0. The van der Waals surface area contributed by atoms with Gasteiger partial charge in [-0.2, -0.15) is 0 Å². The number of nitrogen functional groups attached to an aromatic ring is 1. The minimum atomic E-state index is -1.03. The highest BCUT2D eigenvalue weighted by molar-refractivity contribution is 9.10. The first kappa shape index (κ1) is 24.9. The lowest BCUT2D eigenvalue weighted by Gasteiger charge is -2.31. The molecule has 0 saturated heterocycles. The Morgan fingerprint density at radius 3 is 2.20 bits per heavy atom. The quantitative estimate of drug-likeness (QED) is 0.282. The van der Waals surface area contributed by atoms with E-state index in [0.29, 0.717) is 12.5 Å². The van der Waals surface area contributed by atoms with Crippen molar-refractivity contribution in [2.75, 3.05) is 27.1 Å². The van der Waals surface area contributed by atoms with E-state index in [2.05, 4.69) is 45.2 Å². The van der Waals surface area contributed by atoms with E-state index < -0.39 is 5.79 Å². The molecule has 0 bridgehead atoms. The van der Waals surface area contributed by atoms with Crippen LogP contribution in [-0.2, 0) is 28.2 Å². The molecule has 1 unspecified atom stereocenters. The third-order valence-corrected chi connectivity index (χ3v) is 6.74. The van der Waals surface area contributed by atoms with Gasteiger partial charge in [0.15, 0.2) is 0 Å². The van der Waals surface area contributed by atoms with Crippen molar-refractivity contribution in [3.8, 4) is 5.75 Å². The second kappa shape index (κ2) is 11.0. The first-order valence-corrected chi connectivity index (χ1v) is 12.0. The van der Waals surface area contributed by atoms with E-state index in [1.165, 1.54) is 5.56 Å². The largest absolute Gasteiger partial charge is 0.497 e. The molecule has 2 aromatic carbocycles. The summed E-state index contributed by atoms with van der Waals surface area (Å²) in [6.07, 6.45) is 6.17. The van der Waals surface area contributed by atoms with Gasteiger partial charge in [0.2, 0.25) is 11.7 Å². The molecule has 4 rings (SSSR count). The number of nitrogens with two attached hydrogens (primary N) is 1. The zero-order chi connectivity index (χ0) is 24.8. The second-order valence-electron chi connectivity index (χ2n) is 8.21. The summed E-state index contributed by atoms with van der Waals surface area (Å²) in [5.74, 6) is 0.160. The van der Waals surface area contributed by atoms with Crippen LogP contribution in [0, 0.1) is 0 Å². The number of imidazole rings is 1. The first-order valence-electron chi connectivity index (χ1n) is 11.2. The van der Waals surface area contributed by atoms with Crippen LogP contribution in [-0.4, -0.2) is 35.9 Å². The highest BCUT2D eigenvalue weighted by Crippen LogP contribution is 2.33. The summed E-state index contributed by atoms with van der Waals surface area (Å²) < 4.78 is 20.0. The fourth-order valence-electron chi connectivity index (χ4n) is 4.20. The lowest BCUT2D eigenvalue weighted by atomic mass is 9.89. The van der Waals surface area contributed by atoms with Gasteiger partial charge < -0.3 is 24.5 Å². The number of nitrogens with zero attached hydrogens (tertiary/aromatic N) is 3. The van der Waals surface area contributed by atoms with Gasteiger partial charge in [-0.25, -0.2) is 4.98 Å². The predicted octanol–water partition coefficient (Wildman–Crippen LogP) is 5.15. The van der Waals surface area contributed by atoms with Crippen molar-refractivity contribution in [1.82, 2.24) is 14.5 Å². The number of hydrogen-bond donors (Lipinski definition) is 1. The van der Waals surface area contributed by atoms with Crippen molar-refractivity contribution in [1.29, 1.82) is 0 Å². The molecule has 1 atom stereocenters. The summed E-state index contributed by atoms with van der Waals surface area (Å²) in [6, 6.07) is 20.1. The van der Waals surface area contributed by atoms with E-state index >= 15 is 0 Å². The number of rotatable bonds is 10. The standard InChI is InChI=1S/C27H29BrN4O3/c1-33-23-10-6-20(7-11-23)24(16-19-4-8-22(28)9-5-19)25-17-32(26(29)31-25)18-27(34-2,35-3)21-12-14-30-15-13-21/h4-15,17,24H,16,18H2,1-3H3,(H2,29,31). The number of anilines is 1. The van der Waals surface area contributed by atoms with Crippen molar-refractivity contribution >= 4 is 21.9 Å². The van der Waals surface area contributed by atoms with Crippen LogP contribution in [0.5, 0.6) is 5.75 Å². The molecule has 0 spiro atoms. The number of pyridine rings is 1. The Labute approximate surface area is 214 Å². The average Bonchev–Trinajstić information content (AvgIpc) is 3.27. The number of methoxy groups -OCH3 is 3. The highest BCUT2D eigenvalue weighted by Gasteiger charge is 2.34. The van der Waals surface area contributed by atoms with Crippen molar-refractivity contribution in [2.24, 2.45) is 0 Å².